The first-order valence-electron chi connectivity index (χ1n) is 24.3. The van der Waals surface area contributed by atoms with E-state index in [1.807, 2.05) is 42.6 Å². The molecule has 11 aromatic rings. The predicted molar refractivity (Wildman–Crippen MR) is 295 cm³/mol. The Bertz CT molecular complexity index is 3700. The Morgan fingerprint density at radius 1 is 0.592 bits per heavy atom. The first-order chi connectivity index (χ1) is 33.3. The van der Waals surface area contributed by atoms with Crippen LogP contribution >= 0.6 is 22.7 Å². The minimum atomic E-state index is -0.0886. The molecule has 11 rings (SSSR count). The van der Waals surface area contributed by atoms with E-state index in [0.717, 1.165) is 91.9 Å². The normalized spacial score (nSPS) is 12.4. The summed E-state index contributed by atoms with van der Waals surface area (Å²) in [5, 5.41) is 4.30. The largest absolute Gasteiger partial charge is 0.498 e. The zero-order valence-corrected chi connectivity index (χ0v) is 46.9. The van der Waals surface area contributed by atoms with Gasteiger partial charge in [-0.1, -0.05) is 137 Å². The maximum atomic E-state index is 6.98. The van der Waals surface area contributed by atoms with Gasteiger partial charge in [0, 0.05) is 59.3 Å². The molecule has 5 aromatic heterocycles. The third-order valence-corrected chi connectivity index (χ3v) is 15.7. The van der Waals surface area contributed by atoms with Gasteiger partial charge in [0.25, 0.3) is 0 Å². The second-order valence-corrected chi connectivity index (χ2v) is 24.1. The number of hydrogen-bond acceptors (Lipinski definition) is 8. The zero-order valence-electron chi connectivity index (χ0n) is 42.9. The van der Waals surface area contributed by atoms with Gasteiger partial charge < -0.3 is 8.98 Å². The Morgan fingerprint density at radius 2 is 1.25 bits per heavy atom. The van der Waals surface area contributed by atoms with Crippen LogP contribution in [-0.2, 0) is 36.4 Å². The second kappa shape index (κ2) is 18.9. The van der Waals surface area contributed by atoms with Crippen LogP contribution in [0.5, 0.6) is 0 Å². The first kappa shape index (κ1) is 50.1. The quantitative estimate of drug-likeness (QED) is 0.154. The summed E-state index contributed by atoms with van der Waals surface area (Å²) in [6.45, 7) is 29.0. The van der Waals surface area contributed by atoms with E-state index in [4.69, 9.17) is 19.4 Å². The first-order valence-corrected chi connectivity index (χ1v) is 25.9. The molecule has 10 heteroatoms. The topological polar surface area (TPSA) is 82.5 Å². The van der Waals surface area contributed by atoms with Crippen LogP contribution in [0.1, 0.15) is 129 Å². The van der Waals surface area contributed by atoms with Crippen LogP contribution in [-0.4, -0.2) is 29.5 Å². The predicted octanol–water partition coefficient (Wildman–Crippen LogP) is 17.4. The van der Waals surface area contributed by atoms with Crippen molar-refractivity contribution in [3.8, 4) is 39.6 Å². The third kappa shape index (κ3) is 9.41. The van der Waals surface area contributed by atoms with Gasteiger partial charge in [0.2, 0.25) is 0 Å². The fourth-order valence-corrected chi connectivity index (χ4v) is 11.2. The number of hydrogen-bond donors (Lipinski definition) is 0. The van der Waals surface area contributed by atoms with E-state index in [1.165, 1.54) is 27.9 Å². The molecule has 71 heavy (non-hydrogen) atoms. The van der Waals surface area contributed by atoms with Crippen molar-refractivity contribution in [2.45, 2.75) is 118 Å². The molecule has 7 nitrogen and oxygen atoms in total. The fraction of sp³-hybridized carbons (Fsp3) is 0.295. The van der Waals surface area contributed by atoms with Crippen molar-refractivity contribution in [1.29, 1.82) is 0 Å². The summed E-state index contributed by atoms with van der Waals surface area (Å²) in [5.41, 5.74) is 14.4. The van der Waals surface area contributed by atoms with Gasteiger partial charge in [-0.15, -0.1) is 76.8 Å². The van der Waals surface area contributed by atoms with E-state index >= 15 is 0 Å². The molecule has 0 saturated carbocycles. The maximum Gasteiger partial charge on any atom is 0.148 e. The van der Waals surface area contributed by atoms with Crippen LogP contribution in [0.15, 0.2) is 120 Å². The van der Waals surface area contributed by atoms with Crippen molar-refractivity contribution in [2.75, 3.05) is 0 Å². The van der Waals surface area contributed by atoms with Crippen LogP contribution < -0.4 is 0 Å². The average Bonchev–Trinajstić information content (AvgIpc) is 4.14. The molecule has 0 aliphatic heterocycles. The van der Waals surface area contributed by atoms with Gasteiger partial charge in [-0.3, -0.25) is 15.0 Å². The van der Waals surface area contributed by atoms with Gasteiger partial charge in [0.15, 0.2) is 0 Å². The summed E-state index contributed by atoms with van der Waals surface area (Å²) in [6.07, 6.45) is 1.81. The second-order valence-electron chi connectivity index (χ2n) is 22.0. The summed E-state index contributed by atoms with van der Waals surface area (Å²) >= 11 is 3.52. The minimum Gasteiger partial charge on any atom is -0.498 e. The van der Waals surface area contributed by atoms with Gasteiger partial charge in [0.05, 0.1) is 53.2 Å². The number of aromatic nitrogens is 6. The minimum absolute atomic E-state index is 0. The van der Waals surface area contributed by atoms with Gasteiger partial charge in [-0.25, -0.2) is 9.97 Å². The SMILES string of the molecule is CC(C)(C)c1ccnc(-c2[c-]cccc2)n1.CC(C)c1cc(-c2ccccc2)cc(C(C)C)c1-n1c(-c2[c-]ccc3c2oc2c3ccc3sc(C(C)(C)C)nc32)nc2ccc3nc(C(C)(C)C)sc3c21.[Ir]. The van der Waals surface area contributed by atoms with Gasteiger partial charge in [-0.2, -0.15) is 0 Å². The van der Waals surface area contributed by atoms with E-state index in [2.05, 4.69) is 189 Å². The van der Waals surface area contributed by atoms with Crippen LogP contribution in [0.2, 0.25) is 0 Å². The van der Waals surface area contributed by atoms with Gasteiger partial charge in [0.1, 0.15) is 11.1 Å². The van der Waals surface area contributed by atoms with E-state index in [1.54, 1.807) is 22.7 Å². The molecule has 0 amide bonds. The average molecular weight is 1150 g/mol. The molecule has 0 spiro atoms. The van der Waals surface area contributed by atoms with Gasteiger partial charge in [-0.05, 0) is 70.5 Å². The molecule has 0 aliphatic rings. The molecule has 6 aromatic carbocycles. The molecule has 363 valence electrons. The summed E-state index contributed by atoms with van der Waals surface area (Å²) < 4.78 is 11.7. The zero-order chi connectivity index (χ0) is 49.4. The van der Waals surface area contributed by atoms with Crippen LogP contribution in [0.25, 0.3) is 93.0 Å². The number of fused-ring (bicyclic) bond motifs is 8. The van der Waals surface area contributed by atoms with E-state index in [9.17, 15) is 0 Å². The Kier molecular flexibility index (Phi) is 13.3. The number of benzene rings is 6. The van der Waals surface area contributed by atoms with E-state index < -0.39 is 0 Å². The van der Waals surface area contributed by atoms with E-state index in [-0.39, 0.29) is 48.2 Å². The molecule has 0 saturated heterocycles. The van der Waals surface area contributed by atoms with E-state index in [0.29, 0.717) is 0 Å². The Balaban J connectivity index is 0.000000313. The summed E-state index contributed by atoms with van der Waals surface area (Å²) in [5.74, 6) is 2.03. The number of thiazole rings is 2. The molecular weight excluding hydrogens is 1090 g/mol. The van der Waals surface area contributed by atoms with Crippen molar-refractivity contribution in [3.05, 3.63) is 154 Å². The molecular formula is C61H60IrN6OS2-2. The molecule has 0 N–H and O–H groups in total. The standard InChI is InChI=1S/C47H45N4OS2.C14H15N2.Ir/c1-25(2)32-23-28(27-15-12-11-13-16-27)24-33(26(3)4)38(32)51-39-34(20-21-35-42(39)54-44(49-35)46(5,6)7)48-43(51)31-18-14-17-29-30-19-22-36-37(41(30)52-40(29)31)50-45(53-36)47(8,9)10;1-14(2,3)12-9-10-15-13(16-12)11-7-5-4-6-8-11;/h11-17,19-26H,1-10H3;4-7,9-10H,1-3H3;/q2*-1;. The number of imidazole rings is 1. The van der Waals surface area contributed by atoms with Crippen molar-refractivity contribution in [2.24, 2.45) is 0 Å². The fourth-order valence-electron chi connectivity index (χ4n) is 8.98. The monoisotopic (exact) mass is 1150 g/mol. The molecule has 1 radical (unpaired) electrons. The Morgan fingerprint density at radius 3 is 1.90 bits per heavy atom. The smallest absolute Gasteiger partial charge is 0.148 e. The maximum absolute atomic E-state index is 6.98. The van der Waals surface area contributed by atoms with Gasteiger partial charge >= 0.3 is 0 Å². The number of furan rings is 1. The molecule has 0 unspecified atom stereocenters. The number of nitrogens with zero attached hydrogens (tertiary/aromatic N) is 6. The molecule has 0 fully saturated rings. The Hall–Kier alpha value is -5.90. The number of rotatable bonds is 6. The van der Waals surface area contributed by atoms with Crippen molar-refractivity contribution < 1.29 is 24.5 Å². The summed E-state index contributed by atoms with van der Waals surface area (Å²) in [7, 11) is 0. The molecule has 0 bridgehead atoms. The third-order valence-electron chi connectivity index (χ3n) is 12.8. The van der Waals surface area contributed by atoms with Crippen LogP contribution in [0.3, 0.4) is 0 Å². The van der Waals surface area contributed by atoms with Crippen LogP contribution in [0, 0.1) is 12.1 Å². The summed E-state index contributed by atoms with van der Waals surface area (Å²) in [4.78, 5) is 24.7. The molecule has 0 atom stereocenters. The van der Waals surface area contributed by atoms with Crippen molar-refractivity contribution >= 4 is 76.1 Å². The van der Waals surface area contributed by atoms with Crippen molar-refractivity contribution in [1.82, 2.24) is 29.5 Å². The Labute approximate surface area is 439 Å². The molecule has 0 aliphatic carbocycles. The van der Waals surface area contributed by atoms with Crippen LogP contribution in [0.4, 0.5) is 0 Å². The summed E-state index contributed by atoms with van der Waals surface area (Å²) in [6, 6.07) is 44.8. The van der Waals surface area contributed by atoms with Crippen molar-refractivity contribution in [3.63, 3.8) is 0 Å². The molecule has 5 heterocycles.